The SMILES string of the molecule is CC1(C)COCCN1CC(O)c1cccc(F)c1F. The normalized spacial score (nSPS) is 21.3. The molecule has 1 N–H and O–H groups in total. The minimum absolute atomic E-state index is 0.00212. The molecule has 0 saturated carbocycles. The van der Waals surface area contributed by atoms with E-state index in [1.807, 2.05) is 18.7 Å². The number of benzene rings is 1. The Kier molecular flexibility index (Phi) is 4.18. The maximum atomic E-state index is 13.6. The first-order valence-corrected chi connectivity index (χ1v) is 6.36. The smallest absolute Gasteiger partial charge is 0.164 e. The second-order valence-corrected chi connectivity index (χ2v) is 5.47. The molecular formula is C14H19F2NO2. The van der Waals surface area contributed by atoms with Gasteiger partial charge in [-0.05, 0) is 19.9 Å². The van der Waals surface area contributed by atoms with Crippen molar-refractivity contribution in [1.82, 2.24) is 4.90 Å². The van der Waals surface area contributed by atoms with Crippen LogP contribution in [-0.2, 0) is 4.74 Å². The van der Waals surface area contributed by atoms with Gasteiger partial charge in [-0.2, -0.15) is 0 Å². The molecule has 0 bridgehead atoms. The predicted molar refractivity (Wildman–Crippen MR) is 67.8 cm³/mol. The number of aliphatic hydroxyl groups excluding tert-OH is 1. The standard InChI is InChI=1S/C14H19F2NO2/c1-14(2)9-19-7-6-17(14)8-12(18)10-4-3-5-11(15)13(10)16/h3-5,12,18H,6-9H2,1-2H3. The van der Waals surface area contributed by atoms with Crippen molar-refractivity contribution in [2.75, 3.05) is 26.3 Å². The zero-order chi connectivity index (χ0) is 14.0. The van der Waals surface area contributed by atoms with Crippen LogP contribution in [0.4, 0.5) is 8.78 Å². The minimum Gasteiger partial charge on any atom is -0.387 e. The molecule has 1 atom stereocenters. The van der Waals surface area contributed by atoms with Crippen molar-refractivity contribution < 1.29 is 18.6 Å². The lowest BCUT2D eigenvalue weighted by Gasteiger charge is -2.43. The Morgan fingerprint density at radius 3 is 2.84 bits per heavy atom. The molecule has 1 unspecified atom stereocenters. The van der Waals surface area contributed by atoms with Gasteiger partial charge in [0.25, 0.3) is 0 Å². The lowest BCUT2D eigenvalue weighted by Crippen LogP contribution is -2.54. The van der Waals surface area contributed by atoms with Crippen molar-refractivity contribution in [2.45, 2.75) is 25.5 Å². The fourth-order valence-electron chi connectivity index (χ4n) is 2.31. The van der Waals surface area contributed by atoms with E-state index < -0.39 is 17.7 Å². The summed E-state index contributed by atoms with van der Waals surface area (Å²) in [6, 6.07) is 3.86. The molecule has 0 radical (unpaired) electrons. The van der Waals surface area contributed by atoms with Crippen LogP contribution in [0.2, 0.25) is 0 Å². The van der Waals surface area contributed by atoms with Crippen molar-refractivity contribution in [3.63, 3.8) is 0 Å². The number of nitrogens with zero attached hydrogens (tertiary/aromatic N) is 1. The number of aliphatic hydroxyl groups is 1. The predicted octanol–water partition coefficient (Wildman–Crippen LogP) is 2.11. The van der Waals surface area contributed by atoms with Crippen molar-refractivity contribution in [1.29, 1.82) is 0 Å². The third kappa shape index (κ3) is 3.11. The minimum atomic E-state index is -1.05. The summed E-state index contributed by atoms with van der Waals surface area (Å²) in [6.45, 7) is 6.08. The van der Waals surface area contributed by atoms with Gasteiger partial charge in [0.2, 0.25) is 0 Å². The van der Waals surface area contributed by atoms with Crippen LogP contribution in [0.15, 0.2) is 18.2 Å². The molecule has 2 rings (SSSR count). The van der Waals surface area contributed by atoms with E-state index in [-0.39, 0.29) is 17.6 Å². The van der Waals surface area contributed by atoms with Gasteiger partial charge in [0, 0.05) is 24.2 Å². The average Bonchev–Trinajstić information content (AvgIpc) is 2.35. The Balaban J connectivity index is 2.12. The molecule has 1 fully saturated rings. The molecule has 3 nitrogen and oxygen atoms in total. The summed E-state index contributed by atoms with van der Waals surface area (Å²) in [6.07, 6.45) is -1.05. The van der Waals surface area contributed by atoms with Crippen LogP contribution < -0.4 is 0 Å². The van der Waals surface area contributed by atoms with E-state index in [0.717, 1.165) is 6.07 Å². The Labute approximate surface area is 111 Å². The second-order valence-electron chi connectivity index (χ2n) is 5.47. The fourth-order valence-corrected chi connectivity index (χ4v) is 2.31. The Morgan fingerprint density at radius 1 is 1.42 bits per heavy atom. The summed E-state index contributed by atoms with van der Waals surface area (Å²) in [5.41, 5.74) is -0.217. The van der Waals surface area contributed by atoms with Crippen LogP contribution in [0.5, 0.6) is 0 Å². The van der Waals surface area contributed by atoms with Gasteiger partial charge in [0.15, 0.2) is 11.6 Å². The average molecular weight is 271 g/mol. The van der Waals surface area contributed by atoms with E-state index in [2.05, 4.69) is 0 Å². The zero-order valence-electron chi connectivity index (χ0n) is 11.2. The maximum absolute atomic E-state index is 13.6. The van der Waals surface area contributed by atoms with E-state index in [1.165, 1.54) is 12.1 Å². The van der Waals surface area contributed by atoms with Gasteiger partial charge in [0.05, 0.1) is 19.3 Å². The van der Waals surface area contributed by atoms with E-state index >= 15 is 0 Å². The molecule has 1 saturated heterocycles. The molecule has 5 heteroatoms. The summed E-state index contributed by atoms with van der Waals surface area (Å²) in [5.74, 6) is -1.90. The van der Waals surface area contributed by atoms with Crippen LogP contribution in [0.3, 0.4) is 0 Å². The van der Waals surface area contributed by atoms with Crippen molar-refractivity contribution in [3.05, 3.63) is 35.4 Å². The molecule has 1 heterocycles. The third-order valence-corrected chi connectivity index (χ3v) is 3.55. The first kappa shape index (κ1) is 14.4. The third-order valence-electron chi connectivity index (χ3n) is 3.55. The first-order chi connectivity index (χ1) is 8.92. The quantitative estimate of drug-likeness (QED) is 0.914. The van der Waals surface area contributed by atoms with Crippen LogP contribution in [0.1, 0.15) is 25.5 Å². The van der Waals surface area contributed by atoms with Gasteiger partial charge in [0.1, 0.15) is 0 Å². The lowest BCUT2D eigenvalue weighted by molar-refractivity contribution is -0.0671. The van der Waals surface area contributed by atoms with E-state index in [4.69, 9.17) is 4.74 Å². The topological polar surface area (TPSA) is 32.7 Å². The monoisotopic (exact) mass is 271 g/mol. The highest BCUT2D eigenvalue weighted by Gasteiger charge is 2.32. The summed E-state index contributed by atoms with van der Waals surface area (Å²) >= 11 is 0. The van der Waals surface area contributed by atoms with Crippen LogP contribution >= 0.6 is 0 Å². The number of hydrogen-bond acceptors (Lipinski definition) is 3. The number of hydrogen-bond donors (Lipinski definition) is 1. The highest BCUT2D eigenvalue weighted by atomic mass is 19.2. The zero-order valence-corrected chi connectivity index (χ0v) is 11.2. The van der Waals surface area contributed by atoms with Gasteiger partial charge in [-0.15, -0.1) is 0 Å². The molecular weight excluding hydrogens is 252 g/mol. The molecule has 0 spiro atoms. The van der Waals surface area contributed by atoms with Crippen molar-refractivity contribution in [3.8, 4) is 0 Å². The van der Waals surface area contributed by atoms with Crippen LogP contribution in [0, 0.1) is 11.6 Å². The Hall–Kier alpha value is -1.04. The molecule has 0 amide bonds. The van der Waals surface area contributed by atoms with Gasteiger partial charge in [-0.1, -0.05) is 12.1 Å². The molecule has 0 aromatic heterocycles. The largest absolute Gasteiger partial charge is 0.387 e. The van der Waals surface area contributed by atoms with Crippen molar-refractivity contribution >= 4 is 0 Å². The summed E-state index contributed by atoms with van der Waals surface area (Å²) in [7, 11) is 0. The maximum Gasteiger partial charge on any atom is 0.164 e. The number of ether oxygens (including phenoxy) is 1. The summed E-state index contributed by atoms with van der Waals surface area (Å²) < 4.78 is 32.2. The number of morpholine rings is 1. The first-order valence-electron chi connectivity index (χ1n) is 6.36. The lowest BCUT2D eigenvalue weighted by atomic mass is 10.00. The number of halogens is 2. The van der Waals surface area contributed by atoms with Gasteiger partial charge in [-0.25, -0.2) is 8.78 Å². The Bertz CT molecular complexity index is 451. The molecule has 19 heavy (non-hydrogen) atoms. The van der Waals surface area contributed by atoms with E-state index in [0.29, 0.717) is 19.8 Å². The summed E-state index contributed by atoms with van der Waals surface area (Å²) in [5, 5.41) is 10.1. The van der Waals surface area contributed by atoms with Gasteiger partial charge in [-0.3, -0.25) is 4.90 Å². The highest BCUT2D eigenvalue weighted by molar-refractivity contribution is 5.21. The molecule has 1 aromatic carbocycles. The van der Waals surface area contributed by atoms with E-state index in [9.17, 15) is 13.9 Å². The molecule has 1 aliphatic rings. The Morgan fingerprint density at radius 2 is 2.16 bits per heavy atom. The van der Waals surface area contributed by atoms with Gasteiger partial charge < -0.3 is 9.84 Å². The fraction of sp³-hybridized carbons (Fsp3) is 0.571. The van der Waals surface area contributed by atoms with Crippen molar-refractivity contribution in [2.24, 2.45) is 0 Å². The molecule has 106 valence electrons. The molecule has 1 aliphatic heterocycles. The van der Waals surface area contributed by atoms with E-state index in [1.54, 1.807) is 0 Å². The molecule has 1 aromatic rings. The van der Waals surface area contributed by atoms with Gasteiger partial charge >= 0.3 is 0 Å². The molecule has 0 aliphatic carbocycles. The number of rotatable bonds is 3. The van der Waals surface area contributed by atoms with Crippen LogP contribution in [0.25, 0.3) is 0 Å². The second kappa shape index (κ2) is 5.53. The highest BCUT2D eigenvalue weighted by Crippen LogP contribution is 2.25. The summed E-state index contributed by atoms with van der Waals surface area (Å²) in [4.78, 5) is 2.03. The number of β-amino-alcohol motifs (C(OH)–C–C–N with tert-alkyl or cyclic N) is 1. The van der Waals surface area contributed by atoms with Crippen LogP contribution in [-0.4, -0.2) is 41.8 Å².